The van der Waals surface area contributed by atoms with Gasteiger partial charge >= 0.3 is 0 Å². The minimum Gasteiger partial charge on any atom is -0.329 e. The zero-order valence-electron chi connectivity index (χ0n) is 11.6. The highest BCUT2D eigenvalue weighted by molar-refractivity contribution is 6.04. The van der Waals surface area contributed by atoms with Crippen molar-refractivity contribution in [3.05, 3.63) is 63.6 Å². The van der Waals surface area contributed by atoms with E-state index < -0.39 is 0 Å². The van der Waals surface area contributed by atoms with Gasteiger partial charge in [0.1, 0.15) is 0 Å². The summed E-state index contributed by atoms with van der Waals surface area (Å²) >= 11 is 0. The molecule has 0 spiro atoms. The van der Waals surface area contributed by atoms with Crippen molar-refractivity contribution in [2.75, 3.05) is 11.9 Å². The number of nitrogens with one attached hydrogen (secondary N) is 2. The highest BCUT2D eigenvalue weighted by Crippen LogP contribution is 2.15. The summed E-state index contributed by atoms with van der Waals surface area (Å²) in [5, 5.41) is 2.74. The van der Waals surface area contributed by atoms with Crippen molar-refractivity contribution < 1.29 is 4.79 Å². The van der Waals surface area contributed by atoms with Crippen LogP contribution in [0, 0.1) is 18.8 Å². The molecule has 0 unspecified atom stereocenters. The lowest BCUT2D eigenvalue weighted by Crippen LogP contribution is -2.15. The van der Waals surface area contributed by atoms with E-state index in [9.17, 15) is 9.59 Å². The normalized spacial score (nSPS) is 9.62. The molecule has 5 heteroatoms. The van der Waals surface area contributed by atoms with Gasteiger partial charge in [-0.2, -0.15) is 0 Å². The second kappa shape index (κ2) is 6.55. The predicted molar refractivity (Wildman–Crippen MR) is 82.1 cm³/mol. The first-order valence-corrected chi connectivity index (χ1v) is 6.40. The largest absolute Gasteiger partial charge is 0.329 e. The third-order valence-corrected chi connectivity index (χ3v) is 2.85. The van der Waals surface area contributed by atoms with Gasteiger partial charge in [0.05, 0.1) is 6.54 Å². The monoisotopic (exact) mass is 281 g/mol. The number of H-pyrrole nitrogens is 1. The lowest BCUT2D eigenvalue weighted by atomic mass is 10.1. The Morgan fingerprint density at radius 3 is 2.81 bits per heavy atom. The summed E-state index contributed by atoms with van der Waals surface area (Å²) in [6, 6.07) is 8.21. The Kier molecular flexibility index (Phi) is 4.54. The Morgan fingerprint density at radius 2 is 2.14 bits per heavy atom. The standard InChI is InChI=1S/C16H15N3O2/c1-11-9-14(5-4-12(11)3-2-7-17)19-16(21)13-6-8-18-15(20)10-13/h4-6,8-10H,7,17H2,1H3,(H,18,20)(H,19,21). The van der Waals surface area contributed by atoms with Gasteiger partial charge in [-0.05, 0) is 36.8 Å². The molecule has 0 aliphatic carbocycles. The average Bonchev–Trinajstić information content (AvgIpc) is 2.46. The molecule has 1 aromatic carbocycles. The number of hydrogen-bond acceptors (Lipinski definition) is 3. The van der Waals surface area contributed by atoms with Crippen LogP contribution in [0.25, 0.3) is 0 Å². The molecule has 5 nitrogen and oxygen atoms in total. The number of amides is 1. The van der Waals surface area contributed by atoms with Gasteiger partial charge in [-0.15, -0.1) is 0 Å². The Morgan fingerprint density at radius 1 is 1.33 bits per heavy atom. The molecule has 0 saturated carbocycles. The number of benzene rings is 1. The van der Waals surface area contributed by atoms with Gasteiger partial charge in [0, 0.05) is 29.1 Å². The van der Waals surface area contributed by atoms with Crippen LogP contribution in [0.15, 0.2) is 41.3 Å². The maximum Gasteiger partial charge on any atom is 0.255 e. The van der Waals surface area contributed by atoms with Crippen molar-refractivity contribution in [3.8, 4) is 11.8 Å². The maximum absolute atomic E-state index is 12.0. The number of pyridine rings is 1. The van der Waals surface area contributed by atoms with E-state index in [2.05, 4.69) is 22.1 Å². The molecule has 2 aromatic rings. The zero-order chi connectivity index (χ0) is 15.2. The second-order valence-electron chi connectivity index (χ2n) is 4.43. The fourth-order valence-corrected chi connectivity index (χ4v) is 1.82. The molecule has 21 heavy (non-hydrogen) atoms. The van der Waals surface area contributed by atoms with Crippen LogP contribution in [0.5, 0.6) is 0 Å². The lowest BCUT2D eigenvalue weighted by molar-refractivity contribution is 0.102. The van der Waals surface area contributed by atoms with E-state index in [-0.39, 0.29) is 11.5 Å². The average molecular weight is 281 g/mol. The van der Waals surface area contributed by atoms with Gasteiger partial charge in [-0.1, -0.05) is 11.8 Å². The molecule has 4 N–H and O–H groups in total. The highest BCUT2D eigenvalue weighted by atomic mass is 16.2. The van der Waals surface area contributed by atoms with Crippen LogP contribution in [0.2, 0.25) is 0 Å². The minimum absolute atomic E-state index is 0.306. The maximum atomic E-state index is 12.0. The Balaban J connectivity index is 2.18. The van der Waals surface area contributed by atoms with Crippen LogP contribution >= 0.6 is 0 Å². The summed E-state index contributed by atoms with van der Waals surface area (Å²) in [6.07, 6.45) is 1.44. The van der Waals surface area contributed by atoms with Crippen LogP contribution in [-0.4, -0.2) is 17.4 Å². The summed E-state index contributed by atoms with van der Waals surface area (Å²) in [6.45, 7) is 2.21. The number of rotatable bonds is 2. The van der Waals surface area contributed by atoms with Gasteiger partial charge in [0.25, 0.3) is 5.91 Å². The predicted octanol–water partition coefficient (Wildman–Crippen LogP) is 1.25. The third-order valence-electron chi connectivity index (χ3n) is 2.85. The molecule has 1 amide bonds. The summed E-state index contributed by atoms with van der Waals surface area (Å²) in [5.41, 5.74) is 7.80. The Hall–Kier alpha value is -2.84. The number of aryl methyl sites for hydroxylation is 1. The summed E-state index contributed by atoms with van der Waals surface area (Å²) in [7, 11) is 0. The van der Waals surface area contributed by atoms with Gasteiger partial charge in [0.2, 0.25) is 5.56 Å². The first-order valence-electron chi connectivity index (χ1n) is 6.40. The van der Waals surface area contributed by atoms with E-state index >= 15 is 0 Å². The molecule has 2 rings (SSSR count). The van der Waals surface area contributed by atoms with E-state index in [4.69, 9.17) is 5.73 Å². The quantitative estimate of drug-likeness (QED) is 0.724. The molecule has 0 bridgehead atoms. The summed E-state index contributed by atoms with van der Waals surface area (Å²) in [5.74, 6) is 5.42. The number of carbonyl (C=O) groups excluding carboxylic acids is 1. The van der Waals surface area contributed by atoms with Crippen LogP contribution in [0.3, 0.4) is 0 Å². The third kappa shape index (κ3) is 3.81. The number of anilines is 1. The topological polar surface area (TPSA) is 88.0 Å². The lowest BCUT2D eigenvalue weighted by Gasteiger charge is -2.07. The minimum atomic E-state index is -0.332. The Labute approximate surface area is 122 Å². The van der Waals surface area contributed by atoms with Crippen molar-refractivity contribution in [1.82, 2.24) is 4.98 Å². The number of hydrogen-bond donors (Lipinski definition) is 3. The van der Waals surface area contributed by atoms with Crippen molar-refractivity contribution in [2.45, 2.75) is 6.92 Å². The highest BCUT2D eigenvalue weighted by Gasteiger charge is 2.07. The first kappa shape index (κ1) is 14.6. The van der Waals surface area contributed by atoms with Crippen LogP contribution in [0.1, 0.15) is 21.5 Å². The van der Waals surface area contributed by atoms with Crippen LogP contribution in [-0.2, 0) is 0 Å². The van der Waals surface area contributed by atoms with Crippen molar-refractivity contribution in [2.24, 2.45) is 5.73 Å². The molecular formula is C16H15N3O2. The number of aromatic nitrogens is 1. The second-order valence-corrected chi connectivity index (χ2v) is 4.43. The van der Waals surface area contributed by atoms with Gasteiger partial charge in [-0.25, -0.2) is 0 Å². The Bertz CT molecular complexity index is 782. The molecule has 1 heterocycles. The fraction of sp³-hybridized carbons (Fsp3) is 0.125. The summed E-state index contributed by atoms with van der Waals surface area (Å²) < 4.78 is 0. The number of aromatic amines is 1. The van der Waals surface area contributed by atoms with Gasteiger partial charge in [-0.3, -0.25) is 9.59 Å². The smallest absolute Gasteiger partial charge is 0.255 e. The first-order chi connectivity index (χ1) is 10.1. The molecule has 0 saturated heterocycles. The number of nitrogens with two attached hydrogens (primary N) is 1. The van der Waals surface area contributed by atoms with Crippen molar-refractivity contribution in [1.29, 1.82) is 0 Å². The van der Waals surface area contributed by atoms with E-state index in [0.717, 1.165) is 11.1 Å². The zero-order valence-corrected chi connectivity index (χ0v) is 11.6. The molecule has 106 valence electrons. The molecule has 0 atom stereocenters. The van der Waals surface area contributed by atoms with Crippen LogP contribution < -0.4 is 16.6 Å². The fourth-order valence-electron chi connectivity index (χ4n) is 1.82. The number of carbonyl (C=O) groups is 1. The van der Waals surface area contributed by atoms with Gasteiger partial charge < -0.3 is 16.0 Å². The van der Waals surface area contributed by atoms with E-state index in [1.807, 2.05) is 19.1 Å². The van der Waals surface area contributed by atoms with E-state index in [0.29, 0.717) is 17.8 Å². The molecular weight excluding hydrogens is 266 g/mol. The van der Waals surface area contributed by atoms with Crippen LogP contribution in [0.4, 0.5) is 5.69 Å². The molecule has 0 aliphatic rings. The SMILES string of the molecule is Cc1cc(NC(=O)c2cc[nH]c(=O)c2)ccc1C#CCN. The molecule has 0 radical (unpaired) electrons. The van der Waals surface area contributed by atoms with E-state index in [1.165, 1.54) is 12.3 Å². The van der Waals surface area contributed by atoms with Crippen molar-refractivity contribution >= 4 is 11.6 Å². The molecule has 0 aliphatic heterocycles. The molecule has 0 fully saturated rings. The summed E-state index contributed by atoms with van der Waals surface area (Å²) in [4.78, 5) is 25.7. The van der Waals surface area contributed by atoms with Gasteiger partial charge in [0.15, 0.2) is 0 Å². The molecule has 1 aromatic heterocycles. The van der Waals surface area contributed by atoms with E-state index in [1.54, 1.807) is 12.1 Å². The van der Waals surface area contributed by atoms with Crippen molar-refractivity contribution in [3.63, 3.8) is 0 Å².